The van der Waals surface area contributed by atoms with Crippen LogP contribution in [0.2, 0.25) is 0 Å². The van der Waals surface area contributed by atoms with Crippen molar-refractivity contribution in [3.05, 3.63) is 71.9 Å². The zero-order valence-electron chi connectivity index (χ0n) is 14.9. The lowest BCUT2D eigenvalue weighted by Crippen LogP contribution is -2.14. The molecule has 1 heterocycles. The largest absolute Gasteiger partial charge is 0.497 e. The third kappa shape index (κ3) is 4.66. The maximum Gasteiger partial charge on any atom is 0.276 e. The van der Waals surface area contributed by atoms with Crippen LogP contribution >= 0.6 is 0 Å². The van der Waals surface area contributed by atoms with E-state index in [1.807, 2.05) is 0 Å². The normalized spacial score (nSPS) is 10.1. The predicted molar refractivity (Wildman–Crippen MR) is 103 cm³/mol. The van der Waals surface area contributed by atoms with Crippen molar-refractivity contribution in [3.8, 4) is 5.75 Å². The van der Waals surface area contributed by atoms with Gasteiger partial charge in [0.1, 0.15) is 5.75 Å². The number of nitrogens with one attached hydrogen (secondary N) is 2. The molecule has 0 fully saturated rings. The number of hydrogen-bond donors (Lipinski definition) is 2. The van der Waals surface area contributed by atoms with E-state index in [-0.39, 0.29) is 17.4 Å². The summed E-state index contributed by atoms with van der Waals surface area (Å²) >= 11 is 0. The molecule has 0 spiro atoms. The number of Topliss-reactive ketones (excluding diaryl/α,β-unsaturated/α-hetero) is 1. The Bertz CT molecular complexity index is 954. The molecule has 0 saturated carbocycles. The molecule has 0 aliphatic heterocycles. The van der Waals surface area contributed by atoms with Gasteiger partial charge in [0.15, 0.2) is 17.3 Å². The van der Waals surface area contributed by atoms with Gasteiger partial charge >= 0.3 is 0 Å². The fourth-order valence-corrected chi connectivity index (χ4v) is 2.35. The maximum absolute atomic E-state index is 12.3. The molecule has 7 heteroatoms. The first-order chi connectivity index (χ1) is 13.0. The van der Waals surface area contributed by atoms with Crippen LogP contribution < -0.4 is 15.4 Å². The molecule has 0 atom stereocenters. The minimum absolute atomic E-state index is 0.00717. The molecule has 2 N–H and O–H groups in total. The number of carbonyl (C=O) groups excluding carboxylic acids is 2. The number of ketones is 1. The predicted octanol–water partition coefficient (Wildman–Crippen LogP) is 3.68. The molecule has 27 heavy (non-hydrogen) atoms. The second kappa shape index (κ2) is 8.09. The third-order valence-corrected chi connectivity index (χ3v) is 3.79. The van der Waals surface area contributed by atoms with Gasteiger partial charge in [-0.2, -0.15) is 0 Å². The highest BCUT2D eigenvalue weighted by Crippen LogP contribution is 2.18. The Morgan fingerprint density at radius 2 is 1.70 bits per heavy atom. The number of rotatable bonds is 6. The van der Waals surface area contributed by atoms with Crippen LogP contribution in [-0.2, 0) is 0 Å². The summed E-state index contributed by atoms with van der Waals surface area (Å²) in [6, 6.07) is 17.3. The van der Waals surface area contributed by atoms with Crippen molar-refractivity contribution in [3.63, 3.8) is 0 Å². The molecule has 2 aromatic carbocycles. The minimum Gasteiger partial charge on any atom is -0.497 e. The van der Waals surface area contributed by atoms with Gasteiger partial charge in [0.05, 0.1) is 7.11 Å². The number of ether oxygens (including phenoxy) is 1. The first-order valence-electron chi connectivity index (χ1n) is 8.22. The number of aromatic nitrogens is 2. The Morgan fingerprint density at radius 3 is 2.33 bits per heavy atom. The topological polar surface area (TPSA) is 93.2 Å². The summed E-state index contributed by atoms with van der Waals surface area (Å²) in [6.45, 7) is 1.52. The van der Waals surface area contributed by atoms with Gasteiger partial charge in [-0.05, 0) is 55.5 Å². The summed E-state index contributed by atoms with van der Waals surface area (Å²) in [5.74, 6) is 0.776. The average molecular weight is 362 g/mol. The van der Waals surface area contributed by atoms with Gasteiger partial charge in [0, 0.05) is 23.0 Å². The van der Waals surface area contributed by atoms with Gasteiger partial charge in [-0.15, -0.1) is 10.2 Å². The molecular weight excluding hydrogens is 344 g/mol. The fraction of sp³-hybridized carbons (Fsp3) is 0.100. The van der Waals surface area contributed by atoms with Crippen LogP contribution in [0.4, 0.5) is 17.2 Å². The number of benzene rings is 2. The Morgan fingerprint density at radius 1 is 0.926 bits per heavy atom. The van der Waals surface area contributed by atoms with Gasteiger partial charge in [0.2, 0.25) is 0 Å². The van der Waals surface area contributed by atoms with Crippen molar-refractivity contribution in [2.75, 3.05) is 17.7 Å². The van der Waals surface area contributed by atoms with E-state index in [1.54, 1.807) is 67.8 Å². The van der Waals surface area contributed by atoms with E-state index in [4.69, 9.17) is 4.74 Å². The van der Waals surface area contributed by atoms with Gasteiger partial charge in [-0.25, -0.2) is 0 Å². The standard InChI is InChI=1S/C20H18N4O3/c1-13(25)14-6-8-15(9-7-14)21-19-11-10-18(23-24-19)20(26)22-16-4-3-5-17(12-16)27-2/h3-12H,1-2H3,(H,21,24)(H,22,26). The molecule has 0 aliphatic carbocycles. The molecule has 136 valence electrons. The van der Waals surface area contributed by atoms with E-state index in [2.05, 4.69) is 20.8 Å². The number of methoxy groups -OCH3 is 1. The summed E-state index contributed by atoms with van der Waals surface area (Å²) < 4.78 is 5.13. The van der Waals surface area contributed by atoms with Crippen molar-refractivity contribution in [2.24, 2.45) is 0 Å². The zero-order chi connectivity index (χ0) is 19.2. The smallest absolute Gasteiger partial charge is 0.276 e. The van der Waals surface area contributed by atoms with Crippen LogP contribution in [0, 0.1) is 0 Å². The highest BCUT2D eigenvalue weighted by Gasteiger charge is 2.09. The summed E-state index contributed by atoms with van der Waals surface area (Å²) in [5.41, 5.74) is 2.20. The van der Waals surface area contributed by atoms with E-state index in [9.17, 15) is 9.59 Å². The van der Waals surface area contributed by atoms with Crippen molar-refractivity contribution in [1.29, 1.82) is 0 Å². The van der Waals surface area contributed by atoms with E-state index in [0.717, 1.165) is 5.69 Å². The van der Waals surface area contributed by atoms with Crippen LogP contribution in [0.5, 0.6) is 5.75 Å². The lowest BCUT2D eigenvalue weighted by atomic mass is 10.1. The van der Waals surface area contributed by atoms with Crippen molar-refractivity contribution >= 4 is 28.9 Å². The molecule has 0 saturated heterocycles. The van der Waals surface area contributed by atoms with E-state index in [0.29, 0.717) is 22.8 Å². The Balaban J connectivity index is 1.65. The molecule has 7 nitrogen and oxygen atoms in total. The monoisotopic (exact) mass is 362 g/mol. The van der Waals surface area contributed by atoms with E-state index < -0.39 is 0 Å². The minimum atomic E-state index is -0.367. The van der Waals surface area contributed by atoms with Gasteiger partial charge in [-0.3, -0.25) is 9.59 Å². The zero-order valence-corrected chi connectivity index (χ0v) is 14.9. The lowest BCUT2D eigenvalue weighted by Gasteiger charge is -2.08. The molecule has 0 unspecified atom stereocenters. The average Bonchev–Trinajstić information content (AvgIpc) is 2.69. The summed E-state index contributed by atoms with van der Waals surface area (Å²) in [7, 11) is 1.56. The number of hydrogen-bond acceptors (Lipinski definition) is 6. The first kappa shape index (κ1) is 18.1. The Kier molecular flexibility index (Phi) is 5.41. The highest BCUT2D eigenvalue weighted by molar-refractivity contribution is 6.02. The third-order valence-electron chi connectivity index (χ3n) is 3.79. The van der Waals surface area contributed by atoms with Gasteiger partial charge < -0.3 is 15.4 Å². The van der Waals surface area contributed by atoms with Crippen molar-refractivity contribution in [2.45, 2.75) is 6.92 Å². The number of anilines is 3. The Hall–Kier alpha value is -3.74. The summed E-state index contributed by atoms with van der Waals surface area (Å²) in [6.07, 6.45) is 0. The molecular formula is C20H18N4O3. The van der Waals surface area contributed by atoms with E-state index in [1.165, 1.54) is 6.92 Å². The second-order valence-corrected chi connectivity index (χ2v) is 5.75. The Labute approximate surface area is 156 Å². The van der Waals surface area contributed by atoms with Crippen LogP contribution in [0.1, 0.15) is 27.8 Å². The van der Waals surface area contributed by atoms with Crippen LogP contribution in [0.25, 0.3) is 0 Å². The molecule has 3 aromatic rings. The second-order valence-electron chi connectivity index (χ2n) is 5.75. The molecule has 0 radical (unpaired) electrons. The van der Waals surface area contributed by atoms with E-state index >= 15 is 0 Å². The SMILES string of the molecule is COc1cccc(NC(=O)c2ccc(Nc3ccc(C(C)=O)cc3)nn2)c1. The summed E-state index contributed by atoms with van der Waals surface area (Å²) in [4.78, 5) is 23.6. The first-order valence-corrected chi connectivity index (χ1v) is 8.22. The fourth-order valence-electron chi connectivity index (χ4n) is 2.35. The number of carbonyl (C=O) groups is 2. The van der Waals surface area contributed by atoms with Gasteiger partial charge in [0.25, 0.3) is 5.91 Å². The molecule has 0 bridgehead atoms. The van der Waals surface area contributed by atoms with Crippen LogP contribution in [-0.4, -0.2) is 29.0 Å². The molecule has 1 aromatic heterocycles. The van der Waals surface area contributed by atoms with Crippen molar-refractivity contribution < 1.29 is 14.3 Å². The maximum atomic E-state index is 12.3. The number of amides is 1. The van der Waals surface area contributed by atoms with Gasteiger partial charge in [-0.1, -0.05) is 6.07 Å². The molecule has 3 rings (SSSR count). The quantitative estimate of drug-likeness (QED) is 0.650. The van der Waals surface area contributed by atoms with Crippen molar-refractivity contribution in [1.82, 2.24) is 10.2 Å². The summed E-state index contributed by atoms with van der Waals surface area (Å²) in [5, 5.41) is 13.8. The van der Waals surface area contributed by atoms with Crippen LogP contribution in [0.3, 0.4) is 0 Å². The van der Waals surface area contributed by atoms with Crippen LogP contribution in [0.15, 0.2) is 60.7 Å². The lowest BCUT2D eigenvalue weighted by molar-refractivity contribution is 0.101. The number of nitrogens with zero attached hydrogens (tertiary/aromatic N) is 2. The molecule has 1 amide bonds. The highest BCUT2D eigenvalue weighted by atomic mass is 16.5. The molecule has 0 aliphatic rings.